The van der Waals surface area contributed by atoms with Crippen LogP contribution in [0.5, 0.6) is 0 Å². The first-order chi connectivity index (χ1) is 14.5. The third kappa shape index (κ3) is 5.44. The number of urea groups is 1. The molecule has 1 heterocycles. The Kier molecular flexibility index (Phi) is 7.18. The van der Waals surface area contributed by atoms with Crippen molar-refractivity contribution >= 4 is 40.8 Å². The first kappa shape index (κ1) is 21.5. The molecule has 1 aromatic heterocycles. The van der Waals surface area contributed by atoms with E-state index < -0.39 is 24.5 Å². The summed E-state index contributed by atoms with van der Waals surface area (Å²) in [5.41, 5.74) is 0.508. The Labute approximate surface area is 178 Å². The second-order valence-corrected chi connectivity index (χ2v) is 7.89. The molecule has 8 nitrogen and oxygen atoms in total. The number of nitrogens with zero attached hydrogens (tertiary/aromatic N) is 1. The summed E-state index contributed by atoms with van der Waals surface area (Å²) in [4.78, 5) is 50.8. The number of rotatable bonds is 6. The molecule has 0 spiro atoms. The summed E-state index contributed by atoms with van der Waals surface area (Å²) in [6.07, 6.45) is 3.90. The van der Waals surface area contributed by atoms with Crippen LogP contribution in [-0.4, -0.2) is 43.5 Å². The number of hydrogen-bond donors (Lipinski definition) is 2. The predicted molar refractivity (Wildman–Crippen MR) is 113 cm³/mol. The zero-order chi connectivity index (χ0) is 21.5. The minimum atomic E-state index is -0.761. The maximum absolute atomic E-state index is 12.6. The molecule has 0 saturated heterocycles. The van der Waals surface area contributed by atoms with Crippen molar-refractivity contribution in [2.75, 3.05) is 18.6 Å². The molecule has 4 amide bonds. The average molecular weight is 429 g/mol. The Morgan fingerprint density at radius 2 is 1.83 bits per heavy atom. The summed E-state index contributed by atoms with van der Waals surface area (Å²) < 4.78 is 5.06. The van der Waals surface area contributed by atoms with Crippen LogP contribution < -0.4 is 15.5 Å². The number of amides is 4. The van der Waals surface area contributed by atoms with Crippen molar-refractivity contribution in [1.29, 1.82) is 0 Å². The third-order valence-electron chi connectivity index (χ3n) is 4.80. The normalized spacial score (nSPS) is 13.5. The van der Waals surface area contributed by atoms with Crippen molar-refractivity contribution < 1.29 is 23.9 Å². The zero-order valence-corrected chi connectivity index (χ0v) is 17.4. The highest BCUT2D eigenvalue weighted by Gasteiger charge is 2.22. The summed E-state index contributed by atoms with van der Waals surface area (Å²) in [6, 6.07) is 9.42. The minimum Gasteiger partial charge on any atom is -0.452 e. The summed E-state index contributed by atoms with van der Waals surface area (Å²) in [5.74, 6) is -1.74. The maximum Gasteiger partial charge on any atom is 0.340 e. The van der Waals surface area contributed by atoms with Crippen LogP contribution in [0, 0.1) is 0 Å². The van der Waals surface area contributed by atoms with Crippen LogP contribution in [-0.2, 0) is 9.53 Å². The van der Waals surface area contributed by atoms with Crippen LogP contribution in [0.4, 0.5) is 10.5 Å². The van der Waals surface area contributed by atoms with E-state index in [1.165, 1.54) is 22.3 Å². The van der Waals surface area contributed by atoms with Gasteiger partial charge < -0.3 is 15.0 Å². The van der Waals surface area contributed by atoms with E-state index >= 15 is 0 Å². The van der Waals surface area contributed by atoms with Gasteiger partial charge in [0.1, 0.15) is 0 Å². The summed E-state index contributed by atoms with van der Waals surface area (Å²) in [7, 11) is 1.56. The Balaban J connectivity index is 1.57. The van der Waals surface area contributed by atoms with Gasteiger partial charge in [0.2, 0.25) is 0 Å². The Morgan fingerprint density at radius 3 is 2.53 bits per heavy atom. The summed E-state index contributed by atoms with van der Waals surface area (Å²) >= 11 is 1.30. The molecule has 1 fully saturated rings. The highest BCUT2D eigenvalue weighted by Crippen LogP contribution is 2.23. The molecule has 0 aliphatic heterocycles. The monoisotopic (exact) mass is 429 g/mol. The van der Waals surface area contributed by atoms with E-state index in [1.807, 2.05) is 0 Å². The summed E-state index contributed by atoms with van der Waals surface area (Å²) in [6.45, 7) is -0.603. The Morgan fingerprint density at radius 1 is 1.10 bits per heavy atom. The lowest BCUT2D eigenvalue weighted by Gasteiger charge is -2.19. The lowest BCUT2D eigenvalue weighted by molar-refractivity contribution is -0.123. The molecule has 1 aliphatic carbocycles. The molecule has 158 valence electrons. The van der Waals surface area contributed by atoms with Crippen LogP contribution in [0.3, 0.4) is 0 Å². The van der Waals surface area contributed by atoms with Gasteiger partial charge in [0.15, 0.2) is 6.61 Å². The van der Waals surface area contributed by atoms with E-state index in [-0.39, 0.29) is 17.5 Å². The lowest BCUT2D eigenvalue weighted by atomic mass is 10.1. The van der Waals surface area contributed by atoms with E-state index in [1.54, 1.807) is 42.8 Å². The quantitative estimate of drug-likeness (QED) is 0.687. The molecule has 1 aromatic carbocycles. The van der Waals surface area contributed by atoms with Crippen molar-refractivity contribution in [2.45, 2.75) is 31.7 Å². The molecule has 3 rings (SSSR count). The van der Waals surface area contributed by atoms with Crippen molar-refractivity contribution in [3.05, 3.63) is 52.2 Å². The maximum atomic E-state index is 12.6. The fourth-order valence-corrected chi connectivity index (χ4v) is 3.98. The number of carbonyl (C=O) groups is 4. The van der Waals surface area contributed by atoms with E-state index in [9.17, 15) is 19.2 Å². The van der Waals surface area contributed by atoms with E-state index in [0.717, 1.165) is 25.7 Å². The van der Waals surface area contributed by atoms with Gasteiger partial charge in [-0.2, -0.15) is 0 Å². The van der Waals surface area contributed by atoms with Gasteiger partial charge in [-0.25, -0.2) is 9.59 Å². The van der Waals surface area contributed by atoms with Gasteiger partial charge in [-0.15, -0.1) is 11.3 Å². The Hall–Kier alpha value is -3.20. The number of ether oxygens (including phenoxy) is 1. The van der Waals surface area contributed by atoms with Gasteiger partial charge in [0, 0.05) is 13.1 Å². The smallest absolute Gasteiger partial charge is 0.340 e. The average Bonchev–Trinajstić information content (AvgIpc) is 3.45. The lowest BCUT2D eigenvalue weighted by Crippen LogP contribution is -2.45. The van der Waals surface area contributed by atoms with Crippen molar-refractivity contribution in [1.82, 2.24) is 10.6 Å². The number of imide groups is 1. The fraction of sp³-hybridized carbons (Fsp3) is 0.333. The van der Waals surface area contributed by atoms with Crippen LogP contribution in [0.25, 0.3) is 0 Å². The van der Waals surface area contributed by atoms with Crippen LogP contribution in [0.15, 0.2) is 41.8 Å². The van der Waals surface area contributed by atoms with Gasteiger partial charge in [0.25, 0.3) is 11.8 Å². The van der Waals surface area contributed by atoms with Crippen LogP contribution in [0.2, 0.25) is 0 Å². The highest BCUT2D eigenvalue weighted by molar-refractivity contribution is 7.12. The molecule has 2 aromatic rings. The second kappa shape index (κ2) is 10.0. The number of esters is 1. The van der Waals surface area contributed by atoms with Crippen LogP contribution in [0.1, 0.15) is 45.7 Å². The largest absolute Gasteiger partial charge is 0.452 e. The molecular weight excluding hydrogens is 406 g/mol. The van der Waals surface area contributed by atoms with Crippen LogP contribution >= 0.6 is 11.3 Å². The molecule has 1 saturated carbocycles. The van der Waals surface area contributed by atoms with E-state index in [0.29, 0.717) is 10.6 Å². The molecule has 0 bridgehead atoms. The first-order valence-corrected chi connectivity index (χ1v) is 10.5. The SMILES string of the molecule is CN(C(=O)c1cccs1)c1ccccc1C(=O)OCC(=O)NC(=O)NC1CCCC1. The number of para-hydroxylation sites is 1. The number of carbonyl (C=O) groups excluding carboxylic acids is 4. The number of benzene rings is 1. The molecular formula is C21H23N3O5S. The topological polar surface area (TPSA) is 105 Å². The molecule has 0 radical (unpaired) electrons. The molecule has 1 aliphatic rings. The minimum absolute atomic E-state index is 0.0728. The molecule has 0 unspecified atom stereocenters. The van der Waals surface area contributed by atoms with Crippen molar-refractivity contribution in [3.8, 4) is 0 Å². The van der Waals surface area contributed by atoms with Gasteiger partial charge in [-0.1, -0.05) is 31.0 Å². The highest BCUT2D eigenvalue weighted by atomic mass is 32.1. The van der Waals surface area contributed by atoms with Gasteiger partial charge >= 0.3 is 12.0 Å². The van der Waals surface area contributed by atoms with E-state index in [2.05, 4.69) is 10.6 Å². The molecule has 30 heavy (non-hydrogen) atoms. The Bertz CT molecular complexity index is 922. The fourth-order valence-electron chi connectivity index (χ4n) is 3.28. The van der Waals surface area contributed by atoms with Gasteiger partial charge in [-0.05, 0) is 36.4 Å². The number of hydrogen-bond acceptors (Lipinski definition) is 6. The third-order valence-corrected chi connectivity index (χ3v) is 5.66. The summed E-state index contributed by atoms with van der Waals surface area (Å²) in [5, 5.41) is 6.68. The first-order valence-electron chi connectivity index (χ1n) is 9.63. The zero-order valence-electron chi connectivity index (χ0n) is 16.6. The predicted octanol–water partition coefficient (Wildman–Crippen LogP) is 2.95. The van der Waals surface area contributed by atoms with Gasteiger partial charge in [-0.3, -0.25) is 14.9 Å². The van der Waals surface area contributed by atoms with E-state index in [4.69, 9.17) is 4.74 Å². The molecule has 0 atom stereocenters. The van der Waals surface area contributed by atoms with Crippen molar-refractivity contribution in [2.24, 2.45) is 0 Å². The molecule has 2 N–H and O–H groups in total. The number of nitrogens with one attached hydrogen (secondary N) is 2. The standard InChI is InChI=1S/C21H23N3O5S/c1-24(19(26)17-11-6-12-30-17)16-10-5-4-9-15(16)20(27)29-13-18(25)23-21(28)22-14-7-2-3-8-14/h4-6,9-12,14H,2-3,7-8,13H2,1H3,(H2,22,23,25,28). The second-order valence-electron chi connectivity index (χ2n) is 6.94. The van der Waals surface area contributed by atoms with Crippen molar-refractivity contribution in [3.63, 3.8) is 0 Å². The van der Waals surface area contributed by atoms with Gasteiger partial charge in [0.05, 0.1) is 16.1 Å². The number of anilines is 1. The molecule has 9 heteroatoms. The number of thiophene rings is 1.